The van der Waals surface area contributed by atoms with Crippen LogP contribution < -0.4 is 9.25 Å². The number of nitro benzene ring substituents is 1. The Hall–Kier alpha value is -1.79. The van der Waals surface area contributed by atoms with Crippen LogP contribution in [0.3, 0.4) is 0 Å². The molecule has 2 aliphatic rings. The molecule has 1 aliphatic heterocycles. The molecule has 2 radical (unpaired) electrons. The van der Waals surface area contributed by atoms with E-state index in [4.69, 9.17) is 0 Å². The molecule has 1 aromatic carbocycles. The molecule has 0 atom stereocenters. The first kappa shape index (κ1) is 15.1. The molecule has 0 saturated heterocycles. The van der Waals surface area contributed by atoms with Crippen LogP contribution in [0, 0.1) is 27.9 Å². The maximum atomic E-state index is 12.7. The average molecular weight is 358 g/mol. The van der Waals surface area contributed by atoms with Crippen molar-refractivity contribution in [3.05, 3.63) is 27.8 Å². The number of nitro groups is 1. The minimum atomic E-state index is -0.680. The molecule has 5 nitrogen and oxygen atoms in total. The van der Waals surface area contributed by atoms with Gasteiger partial charge in [-0.05, 0) is 0 Å². The van der Waals surface area contributed by atoms with Gasteiger partial charge >= 0.3 is 137 Å². The van der Waals surface area contributed by atoms with Crippen molar-refractivity contribution in [2.45, 2.75) is 32.1 Å². The molecule has 0 aromatic heterocycles. The Kier molecular flexibility index (Phi) is 3.53. The van der Waals surface area contributed by atoms with Crippen molar-refractivity contribution in [3.63, 3.8) is 0 Å². The molecule has 0 N–H and O–H groups in total. The number of hydrogen-bond donors (Lipinski definition) is 0. The number of anilines is 1. The first-order valence-electron chi connectivity index (χ1n) is 7.14. The molecule has 6 heteroatoms. The molecule has 0 spiro atoms. The van der Waals surface area contributed by atoms with Crippen molar-refractivity contribution in [2.75, 3.05) is 11.4 Å². The van der Waals surface area contributed by atoms with Gasteiger partial charge in [0.05, 0.1) is 0 Å². The van der Waals surface area contributed by atoms with Gasteiger partial charge in [0, 0.05) is 0 Å². The number of carbonyl (C=O) groups is 1. The number of amides is 1. The second-order valence-corrected chi connectivity index (χ2v) is 7.24. The summed E-state index contributed by atoms with van der Waals surface area (Å²) in [5, 5.41) is 11.1. The van der Waals surface area contributed by atoms with E-state index < -0.39 is 10.3 Å². The van der Waals surface area contributed by atoms with Crippen molar-refractivity contribution in [2.24, 2.45) is 5.92 Å². The van der Waals surface area contributed by atoms with Gasteiger partial charge in [-0.25, -0.2) is 0 Å². The van der Waals surface area contributed by atoms with Crippen LogP contribution in [0.25, 0.3) is 0 Å². The number of rotatable bonds is 2. The molecular weight excluding hydrogens is 343 g/mol. The van der Waals surface area contributed by atoms with Crippen LogP contribution in [-0.2, 0) is 10.2 Å². The van der Waals surface area contributed by atoms with Gasteiger partial charge in [-0.3, -0.25) is 0 Å². The zero-order valence-electron chi connectivity index (χ0n) is 12.4. The van der Waals surface area contributed by atoms with Crippen molar-refractivity contribution in [3.8, 4) is 11.8 Å². The fraction of sp³-hybridized carbons (Fsp3) is 0.438. The summed E-state index contributed by atoms with van der Waals surface area (Å²) in [5.74, 6) is 6.58. The zero-order chi connectivity index (χ0) is 16.1. The van der Waals surface area contributed by atoms with Crippen LogP contribution in [-0.4, -0.2) is 34.2 Å². The van der Waals surface area contributed by atoms with Crippen LogP contribution in [0.4, 0.5) is 11.4 Å². The predicted octanol–water partition coefficient (Wildman–Crippen LogP) is 1.43. The van der Waals surface area contributed by atoms with Crippen molar-refractivity contribution >= 4 is 38.5 Å². The van der Waals surface area contributed by atoms with Crippen molar-refractivity contribution in [1.29, 1.82) is 0 Å². The van der Waals surface area contributed by atoms with Crippen LogP contribution in [0.5, 0.6) is 0 Å². The van der Waals surface area contributed by atoms with E-state index in [1.807, 2.05) is 13.8 Å². The average Bonchev–Trinajstić information content (AvgIpc) is 3.24. The fourth-order valence-electron chi connectivity index (χ4n) is 2.65. The van der Waals surface area contributed by atoms with Gasteiger partial charge in [-0.2, -0.15) is 0 Å². The Labute approximate surface area is 137 Å². The zero-order valence-corrected chi connectivity index (χ0v) is 14.3. The van der Waals surface area contributed by atoms with Crippen LogP contribution in [0.15, 0.2) is 12.1 Å². The first-order chi connectivity index (χ1) is 10.3. The summed E-state index contributed by atoms with van der Waals surface area (Å²) in [5.41, 5.74) is 0.776. The molecule has 112 valence electrons. The van der Waals surface area contributed by atoms with E-state index in [1.54, 1.807) is 11.0 Å². The first-order valence-corrected chi connectivity index (χ1v) is 8.08. The second-order valence-electron chi connectivity index (χ2n) is 6.23. The Morgan fingerprint density at radius 2 is 2.14 bits per heavy atom. The normalized spacial score (nSPS) is 18.7. The number of benzene rings is 1. The maximum absolute atomic E-state index is 12.7. The SMILES string of the molecule is CC1(C)C(=O)N(CC#CC2CC2)c2cc([N+](=O)[O-])c([As])cc21. The summed E-state index contributed by atoms with van der Waals surface area (Å²) in [4.78, 5) is 25.0. The molecule has 1 heterocycles. The van der Waals surface area contributed by atoms with E-state index in [1.165, 1.54) is 6.07 Å². The Bertz CT molecular complexity index is 742. The number of nitrogens with zero attached hydrogens (tertiary/aromatic N) is 2. The topological polar surface area (TPSA) is 63.5 Å². The summed E-state index contributed by atoms with van der Waals surface area (Å²) in [6.07, 6.45) is 2.26. The third kappa shape index (κ3) is 2.42. The second kappa shape index (κ2) is 5.14. The number of carbonyl (C=O) groups excluding carboxylic acids is 1. The van der Waals surface area contributed by atoms with Gasteiger partial charge in [-0.15, -0.1) is 0 Å². The van der Waals surface area contributed by atoms with E-state index in [-0.39, 0.29) is 11.6 Å². The van der Waals surface area contributed by atoms with Crippen molar-refractivity contribution in [1.82, 2.24) is 0 Å². The van der Waals surface area contributed by atoms with Gasteiger partial charge in [0.25, 0.3) is 0 Å². The molecule has 0 unspecified atom stereocenters. The van der Waals surface area contributed by atoms with Gasteiger partial charge in [0.1, 0.15) is 0 Å². The molecule has 1 fully saturated rings. The van der Waals surface area contributed by atoms with Crippen molar-refractivity contribution < 1.29 is 9.72 Å². The summed E-state index contributed by atoms with van der Waals surface area (Å²) in [6, 6.07) is 3.23. The Morgan fingerprint density at radius 3 is 2.73 bits per heavy atom. The standard InChI is InChI=1S/C16H15AsN2O3/c1-16(2)11-8-12(17)14(19(21)22)9-13(11)18(15(16)20)7-3-4-10-5-6-10/h8-10H,5-7H2,1-2H3. The minimum absolute atomic E-state index is 0.0180. The molecule has 1 amide bonds. The number of fused-ring (bicyclic) bond motifs is 1. The third-order valence-electron chi connectivity index (χ3n) is 4.15. The molecular formula is C16H15AsN2O3. The fourth-order valence-corrected chi connectivity index (χ4v) is 3.23. The van der Waals surface area contributed by atoms with E-state index >= 15 is 0 Å². The van der Waals surface area contributed by atoms with E-state index in [0.717, 1.165) is 18.4 Å². The van der Waals surface area contributed by atoms with Crippen LogP contribution in [0.2, 0.25) is 0 Å². The molecule has 0 bridgehead atoms. The van der Waals surface area contributed by atoms with Gasteiger partial charge in [0.2, 0.25) is 0 Å². The quantitative estimate of drug-likeness (QED) is 0.348. The monoisotopic (exact) mass is 358 g/mol. The third-order valence-corrected chi connectivity index (χ3v) is 4.91. The van der Waals surface area contributed by atoms with Crippen LogP contribution >= 0.6 is 0 Å². The van der Waals surface area contributed by atoms with E-state index in [2.05, 4.69) is 28.7 Å². The van der Waals surface area contributed by atoms with E-state index in [0.29, 0.717) is 22.5 Å². The van der Waals surface area contributed by atoms with E-state index in [9.17, 15) is 14.9 Å². The van der Waals surface area contributed by atoms with Gasteiger partial charge < -0.3 is 0 Å². The molecule has 1 aromatic rings. The Balaban J connectivity index is 2.04. The summed E-state index contributed by atoms with van der Waals surface area (Å²) in [6.45, 7) is 3.99. The van der Waals surface area contributed by atoms with Crippen LogP contribution in [0.1, 0.15) is 32.3 Å². The summed E-state index contributed by atoms with van der Waals surface area (Å²) >= 11 is 2.21. The summed E-state index contributed by atoms with van der Waals surface area (Å²) in [7, 11) is 0. The van der Waals surface area contributed by atoms with Gasteiger partial charge in [-0.1, -0.05) is 0 Å². The summed E-state index contributed by atoms with van der Waals surface area (Å²) < 4.78 is 0.517. The number of hydrogen-bond acceptors (Lipinski definition) is 3. The predicted molar refractivity (Wildman–Crippen MR) is 84.4 cm³/mol. The Morgan fingerprint density at radius 1 is 1.45 bits per heavy atom. The molecule has 1 saturated carbocycles. The van der Waals surface area contributed by atoms with Gasteiger partial charge in [0.15, 0.2) is 0 Å². The molecule has 3 rings (SSSR count). The molecule has 1 aliphatic carbocycles. The molecule has 22 heavy (non-hydrogen) atoms.